The van der Waals surface area contributed by atoms with Gasteiger partial charge in [0.15, 0.2) is 0 Å². The fourth-order valence-corrected chi connectivity index (χ4v) is 4.70. The summed E-state index contributed by atoms with van der Waals surface area (Å²) in [6, 6.07) is 8.01. The molecule has 3 aliphatic rings. The first-order chi connectivity index (χ1) is 11.8. The molecule has 0 bridgehead atoms. The predicted octanol–water partition coefficient (Wildman–Crippen LogP) is 3.25. The number of hydrogen-bond acceptors (Lipinski definition) is 3. The van der Waals surface area contributed by atoms with Crippen LogP contribution in [-0.4, -0.2) is 37.2 Å². The van der Waals surface area contributed by atoms with E-state index in [-0.39, 0.29) is 12.0 Å². The normalized spacial score (nSPS) is 30.9. The Balaban J connectivity index is 1.50. The number of hydrogen-bond donors (Lipinski definition) is 0. The number of methoxy groups -OCH3 is 1. The fourth-order valence-electron chi connectivity index (χ4n) is 4.70. The lowest BCUT2D eigenvalue weighted by molar-refractivity contribution is -0.135. The van der Waals surface area contributed by atoms with Crippen LogP contribution in [0.1, 0.15) is 37.7 Å². The van der Waals surface area contributed by atoms with Crippen LogP contribution in [0.2, 0.25) is 0 Å². The van der Waals surface area contributed by atoms with Crippen LogP contribution in [0.5, 0.6) is 5.75 Å². The van der Waals surface area contributed by atoms with Crippen molar-refractivity contribution >= 4 is 5.91 Å². The molecule has 1 aliphatic heterocycles. The number of benzene rings is 1. The molecule has 1 heterocycles. The van der Waals surface area contributed by atoms with Crippen molar-refractivity contribution in [3.63, 3.8) is 0 Å². The minimum Gasteiger partial charge on any atom is -0.496 e. The maximum absolute atomic E-state index is 13.1. The van der Waals surface area contributed by atoms with E-state index in [0.29, 0.717) is 30.8 Å². The van der Waals surface area contributed by atoms with Crippen molar-refractivity contribution in [2.45, 2.75) is 44.8 Å². The van der Waals surface area contributed by atoms with Crippen molar-refractivity contribution < 1.29 is 14.3 Å². The molecule has 0 radical (unpaired) electrons. The molecule has 3 atom stereocenters. The molecule has 1 aromatic carbocycles. The molecule has 4 nitrogen and oxygen atoms in total. The molecular formula is C20H27NO3. The average molecular weight is 329 g/mol. The number of rotatable bonds is 6. The molecule has 3 fully saturated rings. The molecule has 1 saturated heterocycles. The zero-order valence-corrected chi connectivity index (χ0v) is 14.4. The standard InChI is InChI=1S/C20H27NO3/c1-23-18-10-3-2-6-14(18)12-21(13-15-7-5-11-24-15)20(22)19-16-8-4-9-17(16)19/h2-3,6,10,15-17,19H,4-5,7-9,11-13H2,1H3/t15-,16+,17+/m0/s1. The summed E-state index contributed by atoms with van der Waals surface area (Å²) in [4.78, 5) is 15.2. The molecule has 24 heavy (non-hydrogen) atoms. The number of carbonyl (C=O) groups excluding carboxylic acids is 1. The first kappa shape index (κ1) is 15.9. The lowest BCUT2D eigenvalue weighted by Gasteiger charge is -2.27. The van der Waals surface area contributed by atoms with Crippen LogP contribution in [0.4, 0.5) is 0 Å². The van der Waals surface area contributed by atoms with E-state index >= 15 is 0 Å². The van der Waals surface area contributed by atoms with E-state index in [1.165, 1.54) is 19.3 Å². The monoisotopic (exact) mass is 329 g/mol. The fraction of sp³-hybridized carbons (Fsp3) is 0.650. The third-order valence-electron chi connectivity index (χ3n) is 6.01. The Kier molecular flexibility index (Phi) is 4.49. The number of amides is 1. The van der Waals surface area contributed by atoms with E-state index in [1.54, 1.807) is 7.11 Å². The van der Waals surface area contributed by atoms with Gasteiger partial charge in [-0.3, -0.25) is 4.79 Å². The minimum absolute atomic E-state index is 0.197. The first-order valence-electron chi connectivity index (χ1n) is 9.30. The predicted molar refractivity (Wildman–Crippen MR) is 91.7 cm³/mol. The van der Waals surface area contributed by atoms with E-state index < -0.39 is 0 Å². The Morgan fingerprint density at radius 3 is 2.71 bits per heavy atom. The highest BCUT2D eigenvalue weighted by molar-refractivity contribution is 5.82. The highest BCUT2D eigenvalue weighted by Gasteiger charge is 2.57. The average Bonchev–Trinajstić information content (AvgIpc) is 3.01. The molecule has 0 spiro atoms. The van der Waals surface area contributed by atoms with Crippen LogP contribution in [0.15, 0.2) is 24.3 Å². The van der Waals surface area contributed by atoms with Gasteiger partial charge in [-0.05, 0) is 43.6 Å². The first-order valence-corrected chi connectivity index (χ1v) is 9.30. The van der Waals surface area contributed by atoms with Crippen LogP contribution < -0.4 is 4.74 Å². The van der Waals surface area contributed by atoms with E-state index in [2.05, 4.69) is 6.07 Å². The van der Waals surface area contributed by atoms with Crippen molar-refractivity contribution in [3.05, 3.63) is 29.8 Å². The van der Waals surface area contributed by atoms with Gasteiger partial charge in [-0.25, -0.2) is 0 Å². The smallest absolute Gasteiger partial charge is 0.226 e. The maximum Gasteiger partial charge on any atom is 0.226 e. The summed E-state index contributed by atoms with van der Waals surface area (Å²) in [5, 5.41) is 0. The summed E-state index contributed by atoms with van der Waals surface area (Å²) < 4.78 is 11.3. The lowest BCUT2D eigenvalue weighted by atomic mass is 10.1. The topological polar surface area (TPSA) is 38.8 Å². The quantitative estimate of drug-likeness (QED) is 0.804. The van der Waals surface area contributed by atoms with Crippen LogP contribution >= 0.6 is 0 Å². The molecule has 0 aromatic heterocycles. The van der Waals surface area contributed by atoms with Crippen molar-refractivity contribution in [2.24, 2.45) is 17.8 Å². The van der Waals surface area contributed by atoms with Gasteiger partial charge in [-0.15, -0.1) is 0 Å². The highest BCUT2D eigenvalue weighted by atomic mass is 16.5. The van der Waals surface area contributed by atoms with Crippen LogP contribution in [-0.2, 0) is 16.1 Å². The largest absolute Gasteiger partial charge is 0.496 e. The molecule has 0 unspecified atom stereocenters. The van der Waals surface area contributed by atoms with Gasteiger partial charge in [0.25, 0.3) is 0 Å². The summed E-state index contributed by atoms with van der Waals surface area (Å²) >= 11 is 0. The van der Waals surface area contributed by atoms with Gasteiger partial charge in [0, 0.05) is 31.2 Å². The number of ether oxygens (including phenoxy) is 2. The van der Waals surface area contributed by atoms with Crippen LogP contribution in [0.25, 0.3) is 0 Å². The Labute approximate surface area is 144 Å². The second-order valence-corrected chi connectivity index (χ2v) is 7.45. The van der Waals surface area contributed by atoms with Crippen molar-refractivity contribution in [3.8, 4) is 5.75 Å². The Hall–Kier alpha value is -1.55. The van der Waals surface area contributed by atoms with E-state index in [0.717, 1.165) is 30.8 Å². The van der Waals surface area contributed by atoms with Gasteiger partial charge in [0.2, 0.25) is 5.91 Å². The number of nitrogens with zero attached hydrogens (tertiary/aromatic N) is 1. The molecule has 2 aliphatic carbocycles. The number of para-hydroxylation sites is 1. The zero-order chi connectivity index (χ0) is 16.5. The van der Waals surface area contributed by atoms with Gasteiger partial charge in [0.05, 0.1) is 13.2 Å². The summed E-state index contributed by atoms with van der Waals surface area (Å²) in [6.45, 7) is 2.17. The third kappa shape index (κ3) is 3.04. The molecule has 1 aromatic rings. The molecule has 130 valence electrons. The summed E-state index contributed by atoms with van der Waals surface area (Å²) in [6.07, 6.45) is 6.15. The second kappa shape index (κ2) is 6.75. The lowest BCUT2D eigenvalue weighted by Crippen LogP contribution is -2.38. The SMILES string of the molecule is COc1ccccc1CN(C[C@@H]1CCCO1)C(=O)C1[C@@H]2CCC[C@@H]12. The Bertz CT molecular complexity index is 586. The van der Waals surface area contributed by atoms with E-state index in [1.807, 2.05) is 23.1 Å². The number of carbonyl (C=O) groups is 1. The highest BCUT2D eigenvalue weighted by Crippen LogP contribution is 2.58. The van der Waals surface area contributed by atoms with Crippen molar-refractivity contribution in [1.29, 1.82) is 0 Å². The van der Waals surface area contributed by atoms with E-state index in [4.69, 9.17) is 9.47 Å². The molecule has 1 amide bonds. The van der Waals surface area contributed by atoms with Crippen LogP contribution in [0, 0.1) is 17.8 Å². The summed E-state index contributed by atoms with van der Waals surface area (Å²) in [7, 11) is 1.69. The summed E-state index contributed by atoms with van der Waals surface area (Å²) in [5.74, 6) is 2.78. The summed E-state index contributed by atoms with van der Waals surface area (Å²) in [5.41, 5.74) is 1.08. The number of fused-ring (bicyclic) bond motifs is 1. The molecule has 4 rings (SSSR count). The Morgan fingerprint density at radius 1 is 1.21 bits per heavy atom. The molecule has 4 heteroatoms. The molecular weight excluding hydrogens is 302 g/mol. The zero-order valence-electron chi connectivity index (χ0n) is 14.4. The van der Waals surface area contributed by atoms with E-state index in [9.17, 15) is 4.79 Å². The molecule has 0 N–H and O–H groups in total. The van der Waals surface area contributed by atoms with Crippen LogP contribution in [0.3, 0.4) is 0 Å². The minimum atomic E-state index is 0.197. The molecule has 2 saturated carbocycles. The van der Waals surface area contributed by atoms with Gasteiger partial charge >= 0.3 is 0 Å². The maximum atomic E-state index is 13.1. The van der Waals surface area contributed by atoms with Gasteiger partial charge < -0.3 is 14.4 Å². The third-order valence-corrected chi connectivity index (χ3v) is 6.01. The van der Waals surface area contributed by atoms with Gasteiger partial charge in [-0.2, -0.15) is 0 Å². The Morgan fingerprint density at radius 2 is 2.00 bits per heavy atom. The van der Waals surface area contributed by atoms with Gasteiger partial charge in [-0.1, -0.05) is 24.6 Å². The van der Waals surface area contributed by atoms with Crippen molar-refractivity contribution in [2.75, 3.05) is 20.3 Å². The second-order valence-electron chi connectivity index (χ2n) is 7.45. The van der Waals surface area contributed by atoms with Crippen molar-refractivity contribution in [1.82, 2.24) is 4.90 Å². The van der Waals surface area contributed by atoms with Gasteiger partial charge in [0.1, 0.15) is 5.75 Å².